The van der Waals surface area contributed by atoms with E-state index in [4.69, 9.17) is 21.1 Å². The summed E-state index contributed by atoms with van der Waals surface area (Å²) < 4.78 is 39.3. The normalized spacial score (nSPS) is 11.0. The topological polar surface area (TPSA) is 108 Å². The number of ether oxygens (including phenoxy) is 2. The Bertz CT molecular complexity index is 1210. The molecule has 0 aliphatic heterocycles. The molecule has 3 aromatic rings. The molecular formula is C20H17ClN2O6S. The van der Waals surface area contributed by atoms with Gasteiger partial charge in [-0.25, -0.2) is 8.42 Å². The van der Waals surface area contributed by atoms with Crippen LogP contribution in [0.1, 0.15) is 5.56 Å². The van der Waals surface area contributed by atoms with Gasteiger partial charge in [-0.3, -0.25) is 14.8 Å². The van der Waals surface area contributed by atoms with Gasteiger partial charge in [0.15, 0.2) is 5.75 Å². The van der Waals surface area contributed by atoms with Gasteiger partial charge in [-0.15, -0.1) is 0 Å². The maximum Gasteiger partial charge on any atom is 0.270 e. The summed E-state index contributed by atoms with van der Waals surface area (Å²) >= 11 is 6.04. The first-order valence-corrected chi connectivity index (χ1v) is 10.4. The molecule has 0 bridgehead atoms. The van der Waals surface area contributed by atoms with Gasteiger partial charge in [-0.2, -0.15) is 0 Å². The van der Waals surface area contributed by atoms with Gasteiger partial charge in [0.2, 0.25) is 0 Å². The number of halogens is 1. The SMILES string of the molecule is COc1cccc(Oc2ccc(Cl)cc2NS(=O)(=O)c2cc([N+](=O)[O-])ccc2C)c1. The minimum Gasteiger partial charge on any atom is -0.497 e. The van der Waals surface area contributed by atoms with Crippen LogP contribution >= 0.6 is 11.6 Å². The monoisotopic (exact) mass is 448 g/mol. The molecule has 0 saturated heterocycles. The van der Waals surface area contributed by atoms with Crippen molar-refractivity contribution >= 4 is 33.0 Å². The predicted molar refractivity (Wildman–Crippen MR) is 113 cm³/mol. The average Bonchev–Trinajstić information content (AvgIpc) is 2.70. The van der Waals surface area contributed by atoms with Crippen molar-refractivity contribution in [2.24, 2.45) is 0 Å². The Hall–Kier alpha value is -3.30. The number of hydrogen-bond donors (Lipinski definition) is 1. The first kappa shape index (κ1) is 21.4. The van der Waals surface area contributed by atoms with Crippen LogP contribution in [0.5, 0.6) is 17.2 Å². The van der Waals surface area contributed by atoms with Crippen molar-refractivity contribution in [1.29, 1.82) is 0 Å². The summed E-state index contributed by atoms with van der Waals surface area (Å²) in [5.41, 5.74) is 0.0986. The first-order chi connectivity index (χ1) is 14.2. The van der Waals surface area contributed by atoms with E-state index in [-0.39, 0.29) is 27.0 Å². The van der Waals surface area contributed by atoms with E-state index >= 15 is 0 Å². The number of methoxy groups -OCH3 is 1. The molecule has 8 nitrogen and oxygen atoms in total. The molecule has 0 aromatic heterocycles. The largest absolute Gasteiger partial charge is 0.497 e. The smallest absolute Gasteiger partial charge is 0.270 e. The third kappa shape index (κ3) is 4.81. The fraction of sp³-hybridized carbons (Fsp3) is 0.100. The molecule has 0 aliphatic rings. The number of anilines is 1. The van der Waals surface area contributed by atoms with Gasteiger partial charge in [0.25, 0.3) is 15.7 Å². The van der Waals surface area contributed by atoms with E-state index in [0.29, 0.717) is 17.1 Å². The van der Waals surface area contributed by atoms with E-state index in [1.165, 1.54) is 31.4 Å². The molecule has 0 spiro atoms. The van der Waals surface area contributed by atoms with Gasteiger partial charge in [-0.05, 0) is 42.8 Å². The van der Waals surface area contributed by atoms with Crippen LogP contribution in [0.25, 0.3) is 0 Å². The Morgan fingerprint density at radius 1 is 1.03 bits per heavy atom. The Morgan fingerprint density at radius 2 is 1.77 bits per heavy atom. The molecule has 0 amide bonds. The minimum absolute atomic E-state index is 0.0798. The molecule has 10 heteroatoms. The number of nitro benzene ring substituents is 1. The number of nitrogens with one attached hydrogen (secondary N) is 1. The van der Waals surface area contributed by atoms with E-state index in [9.17, 15) is 18.5 Å². The second-order valence-corrected chi connectivity index (χ2v) is 8.32. The highest BCUT2D eigenvalue weighted by Gasteiger charge is 2.22. The Morgan fingerprint density at radius 3 is 2.47 bits per heavy atom. The lowest BCUT2D eigenvalue weighted by Gasteiger charge is -2.15. The van der Waals surface area contributed by atoms with Crippen LogP contribution in [-0.2, 0) is 10.0 Å². The van der Waals surface area contributed by atoms with Crippen molar-refractivity contribution < 1.29 is 22.8 Å². The standard InChI is InChI=1S/C20H17ClN2O6S/c1-13-6-8-15(23(24)25)11-20(13)30(26,27)22-18-10-14(21)7-9-19(18)29-17-5-3-4-16(12-17)28-2/h3-12,22H,1-2H3. The van der Waals surface area contributed by atoms with Crippen LogP contribution < -0.4 is 14.2 Å². The molecule has 30 heavy (non-hydrogen) atoms. The number of nitrogens with zero attached hydrogens (tertiary/aromatic N) is 1. The number of hydrogen-bond acceptors (Lipinski definition) is 6. The van der Waals surface area contributed by atoms with Crippen molar-refractivity contribution in [2.45, 2.75) is 11.8 Å². The Kier molecular flexibility index (Phi) is 6.14. The summed E-state index contributed by atoms with van der Waals surface area (Å²) in [7, 11) is -2.65. The third-order valence-corrected chi connectivity index (χ3v) is 5.87. The zero-order valence-corrected chi connectivity index (χ0v) is 17.5. The lowest BCUT2D eigenvalue weighted by molar-refractivity contribution is -0.385. The quantitative estimate of drug-likeness (QED) is 0.395. The van der Waals surface area contributed by atoms with Crippen LogP contribution in [0.3, 0.4) is 0 Å². The second kappa shape index (κ2) is 8.60. The molecule has 0 fully saturated rings. The number of sulfonamides is 1. The van der Waals surface area contributed by atoms with Crippen LogP contribution in [0, 0.1) is 17.0 Å². The highest BCUT2D eigenvalue weighted by molar-refractivity contribution is 7.92. The van der Waals surface area contributed by atoms with Gasteiger partial charge in [-0.1, -0.05) is 23.7 Å². The number of benzene rings is 3. The van der Waals surface area contributed by atoms with E-state index in [1.807, 2.05) is 0 Å². The van der Waals surface area contributed by atoms with E-state index in [2.05, 4.69) is 4.72 Å². The van der Waals surface area contributed by atoms with Gasteiger partial charge in [0.1, 0.15) is 11.5 Å². The zero-order chi connectivity index (χ0) is 21.9. The lowest BCUT2D eigenvalue weighted by atomic mass is 10.2. The fourth-order valence-electron chi connectivity index (χ4n) is 2.65. The molecule has 0 unspecified atom stereocenters. The van der Waals surface area contributed by atoms with Crippen LogP contribution in [0.4, 0.5) is 11.4 Å². The highest BCUT2D eigenvalue weighted by Crippen LogP contribution is 2.35. The molecule has 3 rings (SSSR count). The fourth-order valence-corrected chi connectivity index (χ4v) is 4.15. The van der Waals surface area contributed by atoms with E-state index in [1.54, 1.807) is 37.3 Å². The summed E-state index contributed by atoms with van der Waals surface area (Å²) in [6.45, 7) is 1.55. The lowest BCUT2D eigenvalue weighted by Crippen LogP contribution is -2.15. The summed E-state index contributed by atoms with van der Waals surface area (Å²) in [6, 6.07) is 14.9. The average molecular weight is 449 g/mol. The second-order valence-electron chi connectivity index (χ2n) is 6.23. The Balaban J connectivity index is 1.99. The molecule has 0 saturated carbocycles. The molecule has 0 atom stereocenters. The minimum atomic E-state index is -4.16. The van der Waals surface area contributed by atoms with E-state index in [0.717, 1.165) is 6.07 Å². The zero-order valence-electron chi connectivity index (χ0n) is 16.0. The first-order valence-electron chi connectivity index (χ1n) is 8.59. The molecule has 0 radical (unpaired) electrons. The van der Waals surface area contributed by atoms with Crippen molar-refractivity contribution in [2.75, 3.05) is 11.8 Å². The van der Waals surface area contributed by atoms with Gasteiger partial charge >= 0.3 is 0 Å². The molecule has 3 aromatic carbocycles. The molecular weight excluding hydrogens is 432 g/mol. The van der Waals surface area contributed by atoms with Crippen LogP contribution in [0.2, 0.25) is 5.02 Å². The van der Waals surface area contributed by atoms with E-state index < -0.39 is 14.9 Å². The highest BCUT2D eigenvalue weighted by atomic mass is 35.5. The summed E-state index contributed by atoms with van der Waals surface area (Å²) in [6.07, 6.45) is 0. The Labute approximate surface area is 178 Å². The molecule has 0 heterocycles. The number of nitro groups is 1. The number of non-ortho nitro benzene ring substituents is 1. The summed E-state index contributed by atoms with van der Waals surface area (Å²) in [4.78, 5) is 10.2. The molecule has 0 aliphatic carbocycles. The number of aryl methyl sites for hydroxylation is 1. The van der Waals surface area contributed by atoms with Gasteiger partial charge < -0.3 is 9.47 Å². The van der Waals surface area contributed by atoms with Gasteiger partial charge in [0.05, 0.1) is 22.6 Å². The predicted octanol–water partition coefficient (Wildman–Crippen LogP) is 5.16. The maximum absolute atomic E-state index is 13.0. The summed E-state index contributed by atoms with van der Waals surface area (Å²) in [5.74, 6) is 1.18. The molecule has 1 N–H and O–H groups in total. The van der Waals surface area contributed by atoms with Crippen LogP contribution in [-0.4, -0.2) is 20.5 Å². The number of rotatable bonds is 7. The third-order valence-electron chi connectivity index (χ3n) is 4.13. The van der Waals surface area contributed by atoms with Crippen molar-refractivity contribution in [3.63, 3.8) is 0 Å². The summed E-state index contributed by atoms with van der Waals surface area (Å²) in [5, 5.41) is 11.3. The van der Waals surface area contributed by atoms with Crippen molar-refractivity contribution in [1.82, 2.24) is 0 Å². The van der Waals surface area contributed by atoms with Gasteiger partial charge in [0, 0.05) is 23.2 Å². The molecule has 156 valence electrons. The maximum atomic E-state index is 13.0. The van der Waals surface area contributed by atoms with Crippen molar-refractivity contribution in [3.05, 3.63) is 81.4 Å². The van der Waals surface area contributed by atoms with Crippen molar-refractivity contribution in [3.8, 4) is 17.2 Å². The van der Waals surface area contributed by atoms with Crippen LogP contribution in [0.15, 0.2) is 65.6 Å².